The molecule has 4 aliphatic rings. The monoisotopic (exact) mass is 291 g/mol. The predicted octanol–water partition coefficient (Wildman–Crippen LogP) is 4.36. The van der Waals surface area contributed by atoms with E-state index in [1.54, 1.807) is 0 Å². The molecule has 3 unspecified atom stereocenters. The summed E-state index contributed by atoms with van der Waals surface area (Å²) in [5, 5.41) is 0. The fourth-order valence-electron chi connectivity index (χ4n) is 5.73. The van der Waals surface area contributed by atoms with E-state index < -0.39 is 0 Å². The van der Waals surface area contributed by atoms with E-state index >= 15 is 0 Å². The summed E-state index contributed by atoms with van der Waals surface area (Å²) in [6, 6.07) is 0. The summed E-state index contributed by atoms with van der Waals surface area (Å²) in [6.07, 6.45) is 13.9. The quantitative estimate of drug-likeness (QED) is 0.756. The maximum absolute atomic E-state index is 12.6. The molecule has 0 radical (unpaired) electrons. The van der Waals surface area contributed by atoms with Gasteiger partial charge in [-0.2, -0.15) is 0 Å². The smallest absolute Gasteiger partial charge is 0.410 e. The summed E-state index contributed by atoms with van der Waals surface area (Å²) in [5.41, 5.74) is -0.0889. The maximum atomic E-state index is 12.6. The van der Waals surface area contributed by atoms with E-state index in [0.29, 0.717) is 5.92 Å². The van der Waals surface area contributed by atoms with E-state index in [0.717, 1.165) is 50.6 Å². The molecule has 2 bridgehead atoms. The summed E-state index contributed by atoms with van der Waals surface area (Å²) in [7, 11) is 0. The van der Waals surface area contributed by atoms with Crippen LogP contribution in [0.2, 0.25) is 0 Å². The van der Waals surface area contributed by atoms with E-state index in [1.165, 1.54) is 44.9 Å². The van der Waals surface area contributed by atoms with Crippen LogP contribution in [-0.2, 0) is 4.74 Å². The lowest BCUT2D eigenvalue weighted by Crippen LogP contribution is -2.47. The number of carbonyl (C=O) groups excluding carboxylic acids is 1. The average Bonchev–Trinajstić information content (AvgIpc) is 3.25. The molecule has 0 N–H and O–H groups in total. The van der Waals surface area contributed by atoms with Crippen LogP contribution in [0.15, 0.2) is 0 Å². The molecule has 4 rings (SSSR count). The van der Waals surface area contributed by atoms with Gasteiger partial charge in [0.15, 0.2) is 0 Å². The minimum Gasteiger partial charge on any atom is -0.442 e. The van der Waals surface area contributed by atoms with Gasteiger partial charge in [0.2, 0.25) is 0 Å². The van der Waals surface area contributed by atoms with Gasteiger partial charge < -0.3 is 9.64 Å². The number of rotatable bonds is 2. The molecule has 3 atom stereocenters. The third kappa shape index (κ3) is 2.47. The first kappa shape index (κ1) is 13.9. The summed E-state index contributed by atoms with van der Waals surface area (Å²) in [6.45, 7) is 1.82. The second kappa shape index (κ2) is 5.48. The first-order valence-electron chi connectivity index (χ1n) is 9.25. The van der Waals surface area contributed by atoms with Gasteiger partial charge >= 0.3 is 6.09 Å². The van der Waals surface area contributed by atoms with Crippen LogP contribution in [0.3, 0.4) is 0 Å². The molecule has 1 aliphatic heterocycles. The Hall–Kier alpha value is -0.730. The Morgan fingerprint density at radius 1 is 0.952 bits per heavy atom. The summed E-state index contributed by atoms with van der Waals surface area (Å²) in [5.74, 6) is 2.46. The molecule has 118 valence electrons. The van der Waals surface area contributed by atoms with Crippen LogP contribution in [0, 0.1) is 17.8 Å². The second-order valence-corrected chi connectivity index (χ2v) is 7.97. The molecule has 1 saturated heterocycles. The summed E-state index contributed by atoms with van der Waals surface area (Å²) in [4.78, 5) is 14.6. The highest BCUT2D eigenvalue weighted by atomic mass is 16.6. The Balaban J connectivity index is 1.47. The first-order chi connectivity index (χ1) is 10.3. The molecular weight excluding hydrogens is 262 g/mol. The molecule has 0 spiro atoms. The van der Waals surface area contributed by atoms with E-state index in [9.17, 15) is 4.79 Å². The van der Waals surface area contributed by atoms with Crippen LogP contribution in [0.5, 0.6) is 0 Å². The van der Waals surface area contributed by atoms with Gasteiger partial charge in [0.05, 0.1) is 0 Å². The van der Waals surface area contributed by atoms with Gasteiger partial charge in [-0.1, -0.05) is 6.42 Å². The highest BCUT2D eigenvalue weighted by Crippen LogP contribution is 2.57. The fraction of sp³-hybridized carbons (Fsp3) is 0.944. The topological polar surface area (TPSA) is 29.5 Å². The Morgan fingerprint density at radius 3 is 2.33 bits per heavy atom. The maximum Gasteiger partial charge on any atom is 0.410 e. The standard InChI is InChI=1S/C18H29NO2/c20-17(19-10-4-1-5-11-19)21-18(8-2-3-9-18)16-13-14-6-7-15(16)12-14/h14-16H,1-13H2. The number of ether oxygens (including phenoxy) is 1. The zero-order valence-electron chi connectivity index (χ0n) is 13.2. The van der Waals surface area contributed by atoms with Crippen molar-refractivity contribution in [1.82, 2.24) is 4.90 Å². The molecule has 3 saturated carbocycles. The van der Waals surface area contributed by atoms with Gasteiger partial charge in [-0.05, 0) is 76.0 Å². The number of nitrogens with zero attached hydrogens (tertiary/aromatic N) is 1. The largest absolute Gasteiger partial charge is 0.442 e. The lowest BCUT2D eigenvalue weighted by Gasteiger charge is -2.41. The van der Waals surface area contributed by atoms with Crippen molar-refractivity contribution in [3.63, 3.8) is 0 Å². The molecule has 3 heteroatoms. The van der Waals surface area contributed by atoms with Crippen LogP contribution in [0.4, 0.5) is 4.79 Å². The highest BCUT2D eigenvalue weighted by Gasteiger charge is 2.54. The number of piperidine rings is 1. The number of likely N-dealkylation sites (tertiary alicyclic amines) is 1. The third-order valence-corrected chi connectivity index (χ3v) is 6.77. The summed E-state index contributed by atoms with van der Waals surface area (Å²) < 4.78 is 6.26. The second-order valence-electron chi connectivity index (χ2n) is 7.97. The lowest BCUT2D eigenvalue weighted by molar-refractivity contribution is -0.0625. The molecule has 0 aromatic carbocycles. The number of amides is 1. The van der Waals surface area contributed by atoms with E-state index in [2.05, 4.69) is 0 Å². The molecule has 0 aromatic rings. The Bertz CT molecular complexity index is 396. The average molecular weight is 291 g/mol. The Labute approximate surface area is 128 Å². The Morgan fingerprint density at radius 2 is 1.71 bits per heavy atom. The first-order valence-corrected chi connectivity index (χ1v) is 9.25. The number of fused-ring (bicyclic) bond motifs is 2. The number of carbonyl (C=O) groups is 1. The summed E-state index contributed by atoms with van der Waals surface area (Å²) >= 11 is 0. The zero-order chi connectivity index (χ0) is 14.3. The minimum absolute atomic E-state index is 0.000580. The molecule has 3 aliphatic carbocycles. The SMILES string of the molecule is O=C(OC1(C2CC3CCC2C3)CCCC1)N1CCCCC1. The molecule has 21 heavy (non-hydrogen) atoms. The van der Waals surface area contributed by atoms with Crippen LogP contribution in [0.1, 0.15) is 70.6 Å². The van der Waals surface area contributed by atoms with Crippen molar-refractivity contribution in [3.05, 3.63) is 0 Å². The van der Waals surface area contributed by atoms with Crippen molar-refractivity contribution in [2.75, 3.05) is 13.1 Å². The molecule has 1 amide bonds. The van der Waals surface area contributed by atoms with Gasteiger partial charge in [-0.25, -0.2) is 4.79 Å². The van der Waals surface area contributed by atoms with Crippen LogP contribution < -0.4 is 0 Å². The van der Waals surface area contributed by atoms with Crippen molar-refractivity contribution < 1.29 is 9.53 Å². The normalized spacial score (nSPS) is 37.9. The molecule has 4 fully saturated rings. The fourth-order valence-corrected chi connectivity index (χ4v) is 5.73. The zero-order valence-corrected chi connectivity index (χ0v) is 13.2. The van der Waals surface area contributed by atoms with Gasteiger partial charge in [-0.3, -0.25) is 0 Å². The van der Waals surface area contributed by atoms with Crippen molar-refractivity contribution in [3.8, 4) is 0 Å². The van der Waals surface area contributed by atoms with E-state index in [4.69, 9.17) is 4.74 Å². The van der Waals surface area contributed by atoms with Crippen LogP contribution in [0.25, 0.3) is 0 Å². The van der Waals surface area contributed by atoms with E-state index in [1.807, 2.05) is 4.90 Å². The van der Waals surface area contributed by atoms with Crippen molar-refractivity contribution >= 4 is 6.09 Å². The minimum atomic E-state index is -0.0889. The predicted molar refractivity (Wildman–Crippen MR) is 82.0 cm³/mol. The molecular formula is C18H29NO2. The van der Waals surface area contributed by atoms with Crippen molar-refractivity contribution in [2.45, 2.75) is 76.2 Å². The van der Waals surface area contributed by atoms with Gasteiger partial charge in [-0.15, -0.1) is 0 Å². The number of hydrogen-bond acceptors (Lipinski definition) is 2. The third-order valence-electron chi connectivity index (χ3n) is 6.77. The highest BCUT2D eigenvalue weighted by molar-refractivity contribution is 5.68. The van der Waals surface area contributed by atoms with E-state index in [-0.39, 0.29) is 11.7 Å². The van der Waals surface area contributed by atoms with Crippen molar-refractivity contribution in [2.24, 2.45) is 17.8 Å². The lowest BCUT2D eigenvalue weighted by atomic mass is 9.75. The van der Waals surface area contributed by atoms with Gasteiger partial charge in [0.25, 0.3) is 0 Å². The molecule has 3 nitrogen and oxygen atoms in total. The van der Waals surface area contributed by atoms with Crippen molar-refractivity contribution in [1.29, 1.82) is 0 Å². The molecule has 0 aromatic heterocycles. The number of hydrogen-bond donors (Lipinski definition) is 0. The molecule has 1 heterocycles. The van der Waals surface area contributed by atoms with Crippen LogP contribution >= 0.6 is 0 Å². The Kier molecular flexibility index (Phi) is 3.63. The van der Waals surface area contributed by atoms with Gasteiger partial charge in [0, 0.05) is 19.0 Å². The van der Waals surface area contributed by atoms with Crippen LogP contribution in [-0.4, -0.2) is 29.7 Å². The van der Waals surface area contributed by atoms with Gasteiger partial charge in [0.1, 0.15) is 5.60 Å².